The fourth-order valence-electron chi connectivity index (χ4n) is 3.00. The summed E-state index contributed by atoms with van der Waals surface area (Å²) in [5.41, 5.74) is 2.63. The lowest BCUT2D eigenvalue weighted by atomic mass is 10.00. The summed E-state index contributed by atoms with van der Waals surface area (Å²) in [5, 5.41) is 3.45. The van der Waals surface area contributed by atoms with Crippen molar-refractivity contribution in [3.05, 3.63) is 35.4 Å². The minimum atomic E-state index is 0.746. The quantitative estimate of drug-likeness (QED) is 0.669. The summed E-state index contributed by atoms with van der Waals surface area (Å²) >= 11 is 0. The molecular formula is C19H32N4. The molecule has 1 aliphatic heterocycles. The molecule has 0 unspecified atom stereocenters. The van der Waals surface area contributed by atoms with Gasteiger partial charge in [-0.25, -0.2) is 4.99 Å². The van der Waals surface area contributed by atoms with Gasteiger partial charge in [0.05, 0.1) is 6.54 Å². The van der Waals surface area contributed by atoms with Crippen LogP contribution in [0.15, 0.2) is 29.3 Å². The van der Waals surface area contributed by atoms with Gasteiger partial charge in [-0.05, 0) is 50.9 Å². The van der Waals surface area contributed by atoms with Crippen molar-refractivity contribution in [2.75, 3.05) is 33.7 Å². The highest BCUT2D eigenvalue weighted by molar-refractivity contribution is 5.80. The molecular weight excluding hydrogens is 284 g/mol. The fraction of sp³-hybridized carbons (Fsp3) is 0.632. The molecule has 1 fully saturated rings. The predicted molar refractivity (Wildman–Crippen MR) is 98.6 cm³/mol. The molecule has 128 valence electrons. The van der Waals surface area contributed by atoms with E-state index in [1.165, 1.54) is 24.0 Å². The van der Waals surface area contributed by atoms with Crippen molar-refractivity contribution < 1.29 is 0 Å². The number of likely N-dealkylation sites (tertiary alicyclic amines) is 1. The SMILES string of the molecule is CCNC(=NCc1cccc(CN(C)C)c1)N1CCC(C)CC1. The Morgan fingerprint density at radius 2 is 1.96 bits per heavy atom. The van der Waals surface area contributed by atoms with Crippen molar-refractivity contribution in [1.29, 1.82) is 0 Å². The van der Waals surface area contributed by atoms with E-state index in [0.717, 1.165) is 44.6 Å². The minimum absolute atomic E-state index is 0.746. The van der Waals surface area contributed by atoms with Gasteiger partial charge in [0.2, 0.25) is 0 Å². The third-order valence-electron chi connectivity index (χ3n) is 4.32. The molecule has 2 rings (SSSR count). The number of nitrogens with zero attached hydrogens (tertiary/aromatic N) is 3. The van der Waals surface area contributed by atoms with Crippen LogP contribution in [-0.4, -0.2) is 49.5 Å². The first-order valence-electron chi connectivity index (χ1n) is 8.84. The molecule has 1 N–H and O–H groups in total. The highest BCUT2D eigenvalue weighted by Crippen LogP contribution is 2.16. The van der Waals surface area contributed by atoms with Crippen LogP contribution >= 0.6 is 0 Å². The highest BCUT2D eigenvalue weighted by Gasteiger charge is 2.18. The Balaban J connectivity index is 2.02. The Bertz CT molecular complexity index is 502. The van der Waals surface area contributed by atoms with Crippen LogP contribution in [0.3, 0.4) is 0 Å². The molecule has 1 aromatic carbocycles. The second-order valence-corrected chi connectivity index (χ2v) is 6.90. The normalized spacial score (nSPS) is 16.9. The van der Waals surface area contributed by atoms with Gasteiger partial charge in [-0.2, -0.15) is 0 Å². The first-order chi connectivity index (χ1) is 11.1. The van der Waals surface area contributed by atoms with E-state index in [0.29, 0.717) is 0 Å². The highest BCUT2D eigenvalue weighted by atomic mass is 15.3. The molecule has 0 bridgehead atoms. The Hall–Kier alpha value is -1.55. The van der Waals surface area contributed by atoms with Gasteiger partial charge in [0, 0.05) is 26.2 Å². The molecule has 1 aromatic rings. The van der Waals surface area contributed by atoms with Crippen LogP contribution in [0.1, 0.15) is 37.8 Å². The van der Waals surface area contributed by atoms with Crippen LogP contribution in [0.4, 0.5) is 0 Å². The summed E-state index contributed by atoms with van der Waals surface area (Å²) in [6.45, 7) is 9.36. The van der Waals surface area contributed by atoms with E-state index >= 15 is 0 Å². The van der Waals surface area contributed by atoms with Crippen molar-refractivity contribution >= 4 is 5.96 Å². The fourth-order valence-corrected chi connectivity index (χ4v) is 3.00. The lowest BCUT2D eigenvalue weighted by molar-refractivity contribution is 0.273. The number of hydrogen-bond donors (Lipinski definition) is 1. The van der Waals surface area contributed by atoms with Gasteiger partial charge in [0.15, 0.2) is 5.96 Å². The number of piperidine rings is 1. The topological polar surface area (TPSA) is 30.9 Å². The molecule has 23 heavy (non-hydrogen) atoms. The van der Waals surface area contributed by atoms with E-state index in [1.807, 2.05) is 0 Å². The molecule has 4 nitrogen and oxygen atoms in total. The van der Waals surface area contributed by atoms with Gasteiger partial charge in [-0.3, -0.25) is 0 Å². The van der Waals surface area contributed by atoms with Gasteiger partial charge in [0.1, 0.15) is 0 Å². The summed E-state index contributed by atoms with van der Waals surface area (Å²) in [5.74, 6) is 1.91. The van der Waals surface area contributed by atoms with E-state index in [-0.39, 0.29) is 0 Å². The Morgan fingerprint density at radius 3 is 2.61 bits per heavy atom. The lowest BCUT2D eigenvalue weighted by Gasteiger charge is -2.33. The maximum Gasteiger partial charge on any atom is 0.194 e. The first-order valence-corrected chi connectivity index (χ1v) is 8.84. The third-order valence-corrected chi connectivity index (χ3v) is 4.32. The largest absolute Gasteiger partial charge is 0.357 e. The van der Waals surface area contributed by atoms with Crippen LogP contribution in [0.2, 0.25) is 0 Å². The summed E-state index contributed by atoms with van der Waals surface area (Å²) in [6, 6.07) is 8.76. The number of nitrogens with one attached hydrogen (secondary N) is 1. The molecule has 0 radical (unpaired) electrons. The zero-order valence-corrected chi connectivity index (χ0v) is 15.2. The Kier molecular flexibility index (Phi) is 6.90. The average molecular weight is 316 g/mol. The van der Waals surface area contributed by atoms with Crippen molar-refractivity contribution in [2.24, 2.45) is 10.9 Å². The molecule has 0 atom stereocenters. The van der Waals surface area contributed by atoms with Crippen molar-refractivity contribution in [2.45, 2.75) is 39.8 Å². The maximum absolute atomic E-state index is 4.87. The summed E-state index contributed by atoms with van der Waals surface area (Å²) < 4.78 is 0. The van der Waals surface area contributed by atoms with Crippen LogP contribution in [-0.2, 0) is 13.1 Å². The van der Waals surface area contributed by atoms with Gasteiger partial charge in [-0.1, -0.05) is 31.2 Å². The molecule has 0 aliphatic carbocycles. The lowest BCUT2D eigenvalue weighted by Crippen LogP contribution is -2.45. The van der Waals surface area contributed by atoms with Crippen LogP contribution in [0.5, 0.6) is 0 Å². The zero-order valence-electron chi connectivity index (χ0n) is 15.2. The van der Waals surface area contributed by atoms with E-state index in [9.17, 15) is 0 Å². The Morgan fingerprint density at radius 1 is 1.26 bits per heavy atom. The standard InChI is InChI=1S/C19H32N4/c1-5-20-19(23-11-9-16(2)10-12-23)21-14-17-7-6-8-18(13-17)15-22(3)4/h6-8,13,16H,5,9-12,14-15H2,1-4H3,(H,20,21). The van der Waals surface area contributed by atoms with Crippen LogP contribution < -0.4 is 5.32 Å². The van der Waals surface area contributed by atoms with Crippen molar-refractivity contribution in [3.63, 3.8) is 0 Å². The van der Waals surface area contributed by atoms with Crippen LogP contribution in [0.25, 0.3) is 0 Å². The first kappa shape index (κ1) is 17.8. The monoisotopic (exact) mass is 316 g/mol. The molecule has 0 spiro atoms. The summed E-state index contributed by atoms with van der Waals surface area (Å²) in [7, 11) is 4.21. The number of hydrogen-bond acceptors (Lipinski definition) is 2. The molecule has 4 heteroatoms. The molecule has 0 amide bonds. The second kappa shape index (κ2) is 8.92. The van der Waals surface area contributed by atoms with Crippen molar-refractivity contribution in [1.82, 2.24) is 15.1 Å². The average Bonchev–Trinajstić information content (AvgIpc) is 2.52. The number of rotatable bonds is 5. The van der Waals surface area contributed by atoms with Gasteiger partial charge in [-0.15, -0.1) is 0 Å². The summed E-state index contributed by atoms with van der Waals surface area (Å²) in [6.07, 6.45) is 2.53. The van der Waals surface area contributed by atoms with Gasteiger partial charge in [0.25, 0.3) is 0 Å². The van der Waals surface area contributed by atoms with Crippen LogP contribution in [0, 0.1) is 5.92 Å². The van der Waals surface area contributed by atoms with E-state index in [4.69, 9.17) is 4.99 Å². The number of guanidine groups is 1. The van der Waals surface area contributed by atoms with E-state index in [2.05, 4.69) is 67.3 Å². The number of aliphatic imine (C=N–C) groups is 1. The molecule has 1 heterocycles. The molecule has 0 saturated carbocycles. The zero-order chi connectivity index (χ0) is 16.7. The molecule has 1 saturated heterocycles. The van der Waals surface area contributed by atoms with E-state index < -0.39 is 0 Å². The van der Waals surface area contributed by atoms with Crippen molar-refractivity contribution in [3.8, 4) is 0 Å². The molecule has 1 aliphatic rings. The smallest absolute Gasteiger partial charge is 0.194 e. The number of benzene rings is 1. The third kappa shape index (κ3) is 5.87. The maximum atomic E-state index is 4.87. The summed E-state index contributed by atoms with van der Waals surface area (Å²) in [4.78, 5) is 9.48. The minimum Gasteiger partial charge on any atom is -0.357 e. The molecule has 0 aromatic heterocycles. The predicted octanol–water partition coefficient (Wildman–Crippen LogP) is 2.95. The van der Waals surface area contributed by atoms with E-state index in [1.54, 1.807) is 0 Å². The van der Waals surface area contributed by atoms with Gasteiger partial charge >= 0.3 is 0 Å². The second-order valence-electron chi connectivity index (χ2n) is 6.90. The Labute approximate surface area is 141 Å². The van der Waals surface area contributed by atoms with Gasteiger partial charge < -0.3 is 15.1 Å².